The van der Waals surface area contributed by atoms with Gasteiger partial charge in [-0.2, -0.15) is 0 Å². The van der Waals surface area contributed by atoms with Crippen LogP contribution in [-0.4, -0.2) is 23.0 Å². The Balaban J connectivity index is 2.70. The van der Waals surface area contributed by atoms with Crippen LogP contribution < -0.4 is 5.32 Å². The molecule has 1 aromatic rings. The van der Waals surface area contributed by atoms with Gasteiger partial charge >= 0.3 is 5.97 Å². The van der Waals surface area contributed by atoms with Crippen LogP contribution in [-0.2, 0) is 9.59 Å². The minimum atomic E-state index is -1.02. The van der Waals surface area contributed by atoms with Gasteiger partial charge in [0, 0.05) is 6.42 Å². The molecule has 1 unspecified atom stereocenters. The van der Waals surface area contributed by atoms with Crippen LogP contribution in [0.3, 0.4) is 0 Å². The number of rotatable bonds is 6. The van der Waals surface area contributed by atoms with Crippen LogP contribution in [0.15, 0.2) is 30.3 Å². The number of benzene rings is 1. The molecule has 0 aliphatic heterocycles. The largest absolute Gasteiger partial charge is 0.480 e. The van der Waals surface area contributed by atoms with Gasteiger partial charge in [-0.1, -0.05) is 44.2 Å². The van der Waals surface area contributed by atoms with E-state index in [1.54, 1.807) is 0 Å². The summed E-state index contributed by atoms with van der Waals surface area (Å²) in [6.45, 7) is 5.59. The first-order valence-corrected chi connectivity index (χ1v) is 6.49. The lowest BCUT2D eigenvalue weighted by molar-refractivity contribution is -0.141. The quantitative estimate of drug-likeness (QED) is 0.828. The molecule has 1 aromatic carbocycles. The minimum absolute atomic E-state index is 0.0993. The van der Waals surface area contributed by atoms with Gasteiger partial charge in [0.05, 0.1) is 0 Å². The van der Waals surface area contributed by atoms with E-state index in [-0.39, 0.29) is 11.8 Å². The minimum Gasteiger partial charge on any atom is -0.480 e. The van der Waals surface area contributed by atoms with E-state index < -0.39 is 12.0 Å². The van der Waals surface area contributed by atoms with Crippen molar-refractivity contribution >= 4 is 11.9 Å². The Morgan fingerprint density at radius 3 is 2.21 bits per heavy atom. The number of nitrogens with one attached hydrogen (secondary N) is 1. The van der Waals surface area contributed by atoms with Crippen molar-refractivity contribution in [3.63, 3.8) is 0 Å². The highest BCUT2D eigenvalue weighted by atomic mass is 16.4. The molecular formula is C15H21NO3. The van der Waals surface area contributed by atoms with Gasteiger partial charge in [0.15, 0.2) is 0 Å². The molecule has 4 heteroatoms. The zero-order valence-electron chi connectivity index (χ0n) is 11.6. The van der Waals surface area contributed by atoms with Crippen molar-refractivity contribution in [2.45, 2.75) is 39.2 Å². The monoisotopic (exact) mass is 263 g/mol. The highest BCUT2D eigenvalue weighted by Crippen LogP contribution is 2.27. The van der Waals surface area contributed by atoms with E-state index in [1.165, 1.54) is 6.92 Å². The third-order valence-electron chi connectivity index (χ3n) is 3.19. The first kappa shape index (κ1) is 15.2. The molecule has 0 aliphatic rings. The summed E-state index contributed by atoms with van der Waals surface area (Å²) in [5.74, 6) is -0.831. The molecule has 104 valence electrons. The second kappa shape index (κ2) is 6.92. The van der Waals surface area contributed by atoms with Gasteiger partial charge in [0.1, 0.15) is 6.04 Å². The number of amides is 1. The first-order chi connectivity index (χ1) is 8.91. The predicted molar refractivity (Wildman–Crippen MR) is 73.9 cm³/mol. The summed E-state index contributed by atoms with van der Waals surface area (Å²) in [5.41, 5.74) is 1.11. The fourth-order valence-corrected chi connectivity index (χ4v) is 2.00. The molecule has 0 radical (unpaired) electrons. The summed E-state index contributed by atoms with van der Waals surface area (Å²) in [7, 11) is 0. The van der Waals surface area contributed by atoms with Gasteiger partial charge in [-0.25, -0.2) is 0 Å². The molecule has 0 aliphatic carbocycles. The number of carbonyl (C=O) groups is 2. The molecule has 1 rings (SSSR count). The number of carboxylic acids is 1. The summed E-state index contributed by atoms with van der Waals surface area (Å²) in [5, 5.41) is 11.3. The molecule has 0 spiro atoms. The molecule has 0 aromatic heterocycles. The molecular weight excluding hydrogens is 242 g/mol. The molecule has 0 fully saturated rings. The topological polar surface area (TPSA) is 66.4 Å². The summed E-state index contributed by atoms with van der Waals surface area (Å²) in [6, 6.07) is 8.98. The van der Waals surface area contributed by atoms with E-state index in [0.717, 1.165) is 5.56 Å². The summed E-state index contributed by atoms with van der Waals surface area (Å²) in [6.07, 6.45) is 0.305. The van der Waals surface area contributed by atoms with Crippen LogP contribution in [0.2, 0.25) is 0 Å². The summed E-state index contributed by atoms with van der Waals surface area (Å²) < 4.78 is 0. The van der Waals surface area contributed by atoms with E-state index in [2.05, 4.69) is 19.2 Å². The second-order valence-corrected chi connectivity index (χ2v) is 5.09. The SMILES string of the molecule is CC(C)C(CC(=O)N[C@H](C)C(=O)O)c1ccccc1. The lowest BCUT2D eigenvalue weighted by Crippen LogP contribution is -2.39. The Morgan fingerprint density at radius 2 is 1.74 bits per heavy atom. The van der Waals surface area contributed by atoms with Gasteiger partial charge in [0.25, 0.3) is 0 Å². The first-order valence-electron chi connectivity index (χ1n) is 6.49. The van der Waals surface area contributed by atoms with Crippen molar-refractivity contribution < 1.29 is 14.7 Å². The smallest absolute Gasteiger partial charge is 0.325 e. The third kappa shape index (κ3) is 4.73. The van der Waals surface area contributed by atoms with E-state index >= 15 is 0 Å². The highest BCUT2D eigenvalue weighted by Gasteiger charge is 2.21. The molecule has 2 atom stereocenters. The second-order valence-electron chi connectivity index (χ2n) is 5.09. The van der Waals surface area contributed by atoms with Crippen LogP contribution in [0, 0.1) is 5.92 Å². The summed E-state index contributed by atoms with van der Waals surface area (Å²) >= 11 is 0. The number of hydrogen-bond acceptors (Lipinski definition) is 2. The lowest BCUT2D eigenvalue weighted by atomic mass is 9.85. The maximum atomic E-state index is 11.9. The van der Waals surface area contributed by atoms with E-state index in [9.17, 15) is 9.59 Å². The molecule has 2 N–H and O–H groups in total. The average Bonchev–Trinajstić information content (AvgIpc) is 2.36. The van der Waals surface area contributed by atoms with Gasteiger partial charge < -0.3 is 10.4 Å². The van der Waals surface area contributed by atoms with Crippen molar-refractivity contribution in [3.05, 3.63) is 35.9 Å². The Bertz CT molecular complexity index is 428. The molecule has 0 bridgehead atoms. The zero-order chi connectivity index (χ0) is 14.4. The van der Waals surface area contributed by atoms with Crippen molar-refractivity contribution in [3.8, 4) is 0 Å². The lowest BCUT2D eigenvalue weighted by Gasteiger charge is -2.21. The van der Waals surface area contributed by atoms with Gasteiger partial charge in [0.2, 0.25) is 5.91 Å². The Morgan fingerprint density at radius 1 is 1.16 bits per heavy atom. The molecule has 19 heavy (non-hydrogen) atoms. The normalized spacial score (nSPS) is 13.9. The van der Waals surface area contributed by atoms with Gasteiger partial charge in [-0.15, -0.1) is 0 Å². The Hall–Kier alpha value is -1.84. The molecule has 0 heterocycles. The van der Waals surface area contributed by atoms with Crippen molar-refractivity contribution in [1.29, 1.82) is 0 Å². The standard InChI is InChI=1S/C15H21NO3/c1-10(2)13(12-7-5-4-6-8-12)9-14(17)16-11(3)15(18)19/h4-8,10-11,13H,9H2,1-3H3,(H,16,17)(H,18,19)/t11-,13?/m1/s1. The third-order valence-corrected chi connectivity index (χ3v) is 3.19. The molecule has 4 nitrogen and oxygen atoms in total. The van der Waals surface area contributed by atoms with Crippen LogP contribution >= 0.6 is 0 Å². The number of aliphatic carboxylic acids is 1. The van der Waals surface area contributed by atoms with Crippen molar-refractivity contribution in [1.82, 2.24) is 5.32 Å². The maximum absolute atomic E-state index is 11.9. The predicted octanol–water partition coefficient (Wildman–Crippen LogP) is 2.41. The van der Waals surface area contributed by atoms with Crippen LogP contribution in [0.4, 0.5) is 0 Å². The molecule has 1 amide bonds. The zero-order valence-corrected chi connectivity index (χ0v) is 11.6. The maximum Gasteiger partial charge on any atom is 0.325 e. The van der Waals surface area contributed by atoms with Crippen molar-refractivity contribution in [2.75, 3.05) is 0 Å². The number of hydrogen-bond donors (Lipinski definition) is 2. The van der Waals surface area contributed by atoms with Gasteiger partial charge in [-0.05, 0) is 24.3 Å². The van der Waals surface area contributed by atoms with E-state index in [4.69, 9.17) is 5.11 Å². The van der Waals surface area contributed by atoms with E-state index in [1.807, 2.05) is 30.3 Å². The van der Waals surface area contributed by atoms with E-state index in [0.29, 0.717) is 12.3 Å². The number of carboxylic acid groups (broad SMARTS) is 1. The number of carbonyl (C=O) groups excluding carboxylic acids is 1. The highest BCUT2D eigenvalue weighted by molar-refractivity contribution is 5.83. The molecule has 0 saturated heterocycles. The Kier molecular flexibility index (Phi) is 5.55. The average molecular weight is 263 g/mol. The molecule has 0 saturated carbocycles. The fourth-order valence-electron chi connectivity index (χ4n) is 2.00. The van der Waals surface area contributed by atoms with Gasteiger partial charge in [-0.3, -0.25) is 9.59 Å². The summed E-state index contributed by atoms with van der Waals surface area (Å²) in [4.78, 5) is 22.6. The Labute approximate surface area is 113 Å². The fraction of sp³-hybridized carbons (Fsp3) is 0.467. The van der Waals surface area contributed by atoms with Crippen LogP contribution in [0.1, 0.15) is 38.7 Å². The van der Waals surface area contributed by atoms with Crippen molar-refractivity contribution in [2.24, 2.45) is 5.92 Å². The van der Waals surface area contributed by atoms with Crippen LogP contribution in [0.5, 0.6) is 0 Å². The van der Waals surface area contributed by atoms with Crippen LogP contribution in [0.25, 0.3) is 0 Å².